The van der Waals surface area contributed by atoms with E-state index >= 15 is 0 Å². The largest absolute Gasteiger partial charge is 0.478 e. The van der Waals surface area contributed by atoms with Crippen LogP contribution in [0.25, 0.3) is 11.1 Å². The van der Waals surface area contributed by atoms with Crippen molar-refractivity contribution in [3.8, 4) is 11.1 Å². The minimum absolute atomic E-state index is 0.314. The molecular weight excluding hydrogens is 287 g/mol. The van der Waals surface area contributed by atoms with Crippen molar-refractivity contribution in [3.63, 3.8) is 0 Å². The van der Waals surface area contributed by atoms with Crippen LogP contribution in [0.5, 0.6) is 0 Å². The van der Waals surface area contributed by atoms with Gasteiger partial charge in [0.2, 0.25) is 0 Å². The van der Waals surface area contributed by atoms with Crippen molar-refractivity contribution in [1.82, 2.24) is 0 Å². The predicted octanol–water partition coefficient (Wildman–Crippen LogP) is 3.95. The van der Waals surface area contributed by atoms with Gasteiger partial charge in [0.1, 0.15) is 5.82 Å². The SMILES string of the molecule is O=C(O)c1cc(-c2ccc(Br)cc2)ccc1F. The first-order chi connectivity index (χ1) is 8.08. The van der Waals surface area contributed by atoms with Gasteiger partial charge in [-0.15, -0.1) is 0 Å². The van der Waals surface area contributed by atoms with Crippen LogP contribution in [-0.2, 0) is 0 Å². The topological polar surface area (TPSA) is 37.3 Å². The summed E-state index contributed by atoms with van der Waals surface area (Å²) in [6, 6.07) is 11.4. The number of rotatable bonds is 2. The van der Waals surface area contributed by atoms with Gasteiger partial charge in [-0.05, 0) is 35.4 Å². The van der Waals surface area contributed by atoms with Crippen molar-refractivity contribution in [2.45, 2.75) is 0 Å². The van der Waals surface area contributed by atoms with Crippen molar-refractivity contribution < 1.29 is 14.3 Å². The van der Waals surface area contributed by atoms with Gasteiger partial charge >= 0.3 is 5.97 Å². The van der Waals surface area contributed by atoms with E-state index in [4.69, 9.17) is 5.11 Å². The quantitative estimate of drug-likeness (QED) is 0.910. The molecule has 0 radical (unpaired) electrons. The minimum atomic E-state index is -1.26. The maximum atomic E-state index is 13.2. The van der Waals surface area contributed by atoms with Gasteiger partial charge in [-0.1, -0.05) is 34.1 Å². The molecule has 0 saturated carbocycles. The molecule has 0 aliphatic heterocycles. The molecule has 2 aromatic rings. The van der Waals surface area contributed by atoms with Gasteiger partial charge in [0.15, 0.2) is 0 Å². The smallest absolute Gasteiger partial charge is 0.338 e. The van der Waals surface area contributed by atoms with E-state index in [1.54, 1.807) is 6.07 Å². The Hall–Kier alpha value is -1.68. The predicted molar refractivity (Wildman–Crippen MR) is 66.5 cm³/mol. The van der Waals surface area contributed by atoms with E-state index in [2.05, 4.69) is 15.9 Å². The van der Waals surface area contributed by atoms with Crippen LogP contribution in [0.2, 0.25) is 0 Å². The molecule has 0 amide bonds. The Bertz CT molecular complexity index is 564. The van der Waals surface area contributed by atoms with Gasteiger partial charge in [0.05, 0.1) is 5.56 Å². The number of carbonyl (C=O) groups is 1. The summed E-state index contributed by atoms with van der Waals surface area (Å²) >= 11 is 3.31. The first kappa shape index (κ1) is 11.8. The van der Waals surface area contributed by atoms with Crippen LogP contribution >= 0.6 is 15.9 Å². The molecule has 17 heavy (non-hydrogen) atoms. The third-order valence-corrected chi connectivity index (χ3v) is 2.90. The normalized spacial score (nSPS) is 10.2. The van der Waals surface area contributed by atoms with Crippen LogP contribution in [-0.4, -0.2) is 11.1 Å². The molecule has 0 bridgehead atoms. The lowest BCUT2D eigenvalue weighted by molar-refractivity contribution is 0.0692. The molecule has 0 spiro atoms. The third-order valence-electron chi connectivity index (χ3n) is 2.37. The molecule has 2 rings (SSSR count). The molecule has 0 saturated heterocycles. The number of carboxylic acid groups (broad SMARTS) is 1. The maximum Gasteiger partial charge on any atom is 0.338 e. The summed E-state index contributed by atoms with van der Waals surface area (Å²) in [5.74, 6) is -1.99. The van der Waals surface area contributed by atoms with Crippen molar-refractivity contribution in [2.75, 3.05) is 0 Å². The van der Waals surface area contributed by atoms with Crippen molar-refractivity contribution in [1.29, 1.82) is 0 Å². The molecular formula is C13H8BrFO2. The number of halogens is 2. The third kappa shape index (κ3) is 2.53. The van der Waals surface area contributed by atoms with Crippen LogP contribution < -0.4 is 0 Å². The summed E-state index contributed by atoms with van der Waals surface area (Å²) in [7, 11) is 0. The second kappa shape index (κ2) is 4.67. The van der Waals surface area contributed by atoms with Gasteiger partial charge in [-0.3, -0.25) is 0 Å². The molecule has 0 aliphatic carbocycles. The summed E-state index contributed by atoms with van der Waals surface area (Å²) in [5.41, 5.74) is 1.21. The van der Waals surface area contributed by atoms with E-state index in [0.717, 1.165) is 10.0 Å². The van der Waals surface area contributed by atoms with Crippen molar-refractivity contribution in [2.24, 2.45) is 0 Å². The number of hydrogen-bond acceptors (Lipinski definition) is 1. The average Bonchev–Trinajstić information content (AvgIpc) is 2.30. The standard InChI is InChI=1S/C13H8BrFO2/c14-10-4-1-8(2-5-10)9-3-6-12(15)11(7-9)13(16)17/h1-7H,(H,16,17). The molecule has 0 unspecified atom stereocenters. The highest BCUT2D eigenvalue weighted by molar-refractivity contribution is 9.10. The van der Waals surface area contributed by atoms with E-state index in [-0.39, 0.29) is 5.56 Å². The Morgan fingerprint density at radius 1 is 1.06 bits per heavy atom. The Morgan fingerprint density at radius 3 is 2.24 bits per heavy atom. The minimum Gasteiger partial charge on any atom is -0.478 e. The first-order valence-corrected chi connectivity index (χ1v) is 5.66. The monoisotopic (exact) mass is 294 g/mol. The molecule has 2 aromatic carbocycles. The van der Waals surface area contributed by atoms with Crippen LogP contribution in [0.15, 0.2) is 46.9 Å². The molecule has 0 aromatic heterocycles. The molecule has 0 atom stereocenters. The summed E-state index contributed by atoms with van der Waals surface area (Å²) in [6.45, 7) is 0. The molecule has 1 N–H and O–H groups in total. The fourth-order valence-electron chi connectivity index (χ4n) is 1.51. The van der Waals surface area contributed by atoms with Gasteiger partial charge in [-0.2, -0.15) is 0 Å². The van der Waals surface area contributed by atoms with Crippen LogP contribution in [0.3, 0.4) is 0 Å². The summed E-state index contributed by atoms with van der Waals surface area (Å²) in [6.07, 6.45) is 0. The number of benzene rings is 2. The highest BCUT2D eigenvalue weighted by atomic mass is 79.9. The van der Waals surface area contributed by atoms with Gasteiger partial charge in [-0.25, -0.2) is 9.18 Å². The Kier molecular flexibility index (Phi) is 3.24. The summed E-state index contributed by atoms with van der Waals surface area (Å²) in [4.78, 5) is 10.8. The second-order valence-corrected chi connectivity index (χ2v) is 4.42. The van der Waals surface area contributed by atoms with Crippen molar-refractivity contribution >= 4 is 21.9 Å². The van der Waals surface area contributed by atoms with Crippen LogP contribution in [0, 0.1) is 5.82 Å². The molecule has 2 nitrogen and oxygen atoms in total. The molecule has 0 aliphatic rings. The first-order valence-electron chi connectivity index (χ1n) is 4.87. The molecule has 86 valence electrons. The maximum absolute atomic E-state index is 13.2. The van der Waals surface area contributed by atoms with E-state index in [1.807, 2.05) is 24.3 Å². The van der Waals surface area contributed by atoms with Gasteiger partial charge in [0.25, 0.3) is 0 Å². The lowest BCUT2D eigenvalue weighted by Crippen LogP contribution is -2.00. The van der Waals surface area contributed by atoms with E-state index in [0.29, 0.717) is 5.56 Å². The molecule has 0 heterocycles. The Labute approximate surface area is 106 Å². The van der Waals surface area contributed by atoms with Crippen LogP contribution in [0.1, 0.15) is 10.4 Å². The number of hydrogen-bond donors (Lipinski definition) is 1. The zero-order chi connectivity index (χ0) is 12.4. The number of aromatic carboxylic acids is 1. The van der Waals surface area contributed by atoms with E-state index in [9.17, 15) is 9.18 Å². The van der Waals surface area contributed by atoms with Gasteiger partial charge < -0.3 is 5.11 Å². The zero-order valence-electron chi connectivity index (χ0n) is 8.65. The van der Waals surface area contributed by atoms with E-state index in [1.165, 1.54) is 12.1 Å². The van der Waals surface area contributed by atoms with Crippen LogP contribution in [0.4, 0.5) is 4.39 Å². The van der Waals surface area contributed by atoms with Gasteiger partial charge in [0, 0.05) is 4.47 Å². The fourth-order valence-corrected chi connectivity index (χ4v) is 1.78. The lowest BCUT2D eigenvalue weighted by atomic mass is 10.0. The Morgan fingerprint density at radius 2 is 1.65 bits per heavy atom. The summed E-state index contributed by atoms with van der Waals surface area (Å²) in [5, 5.41) is 8.83. The highest BCUT2D eigenvalue weighted by Crippen LogP contribution is 2.23. The van der Waals surface area contributed by atoms with E-state index < -0.39 is 11.8 Å². The van der Waals surface area contributed by atoms with Crippen molar-refractivity contribution in [3.05, 3.63) is 58.3 Å². The summed E-state index contributed by atoms with van der Waals surface area (Å²) < 4.78 is 14.1. The molecule has 4 heteroatoms. The average molecular weight is 295 g/mol. The highest BCUT2D eigenvalue weighted by Gasteiger charge is 2.11. The Balaban J connectivity index is 2.50. The lowest BCUT2D eigenvalue weighted by Gasteiger charge is -2.04. The zero-order valence-corrected chi connectivity index (χ0v) is 10.2. The molecule has 0 fully saturated rings. The number of carboxylic acids is 1. The second-order valence-electron chi connectivity index (χ2n) is 3.51. The fraction of sp³-hybridized carbons (Fsp3) is 0.